The molecule has 15 heavy (non-hydrogen) atoms. The Kier molecular flexibility index (Phi) is 3.24. The Morgan fingerprint density at radius 3 is 2.47 bits per heavy atom. The molecule has 1 aromatic rings. The molecule has 0 aliphatic heterocycles. The number of carboxylic acids is 1. The molecule has 0 aliphatic rings. The number of hydrogen-bond donors (Lipinski definition) is 1. The molecule has 1 N–H and O–H groups in total. The lowest BCUT2D eigenvalue weighted by Gasteiger charge is -2.20. The van der Waals surface area contributed by atoms with Gasteiger partial charge in [0.2, 0.25) is 0 Å². The Labute approximate surface area is 88.1 Å². The molecule has 3 heteroatoms. The lowest BCUT2D eigenvalue weighted by atomic mass is 9.84. The van der Waals surface area contributed by atoms with Crippen molar-refractivity contribution in [3.8, 4) is 0 Å². The first-order chi connectivity index (χ1) is 6.98. The summed E-state index contributed by atoms with van der Waals surface area (Å²) < 4.78 is 12.6. The van der Waals surface area contributed by atoms with Gasteiger partial charge >= 0.3 is 5.97 Å². The lowest BCUT2D eigenvalue weighted by molar-refractivity contribution is -0.145. The van der Waals surface area contributed by atoms with Crippen molar-refractivity contribution in [3.63, 3.8) is 0 Å². The summed E-state index contributed by atoms with van der Waals surface area (Å²) in [4.78, 5) is 11.0. The Morgan fingerprint density at radius 1 is 1.53 bits per heavy atom. The van der Waals surface area contributed by atoms with Gasteiger partial charge in [0.25, 0.3) is 0 Å². The van der Waals surface area contributed by atoms with Gasteiger partial charge in [0.15, 0.2) is 0 Å². The van der Waals surface area contributed by atoms with E-state index in [2.05, 4.69) is 6.58 Å². The molecule has 0 saturated carbocycles. The molecule has 0 aliphatic carbocycles. The van der Waals surface area contributed by atoms with E-state index < -0.39 is 11.4 Å². The average molecular weight is 208 g/mol. The van der Waals surface area contributed by atoms with Gasteiger partial charge in [0, 0.05) is 0 Å². The molecule has 1 atom stereocenters. The average Bonchev–Trinajstić information content (AvgIpc) is 2.21. The number of carbonyl (C=O) groups is 1. The van der Waals surface area contributed by atoms with Crippen molar-refractivity contribution in [2.24, 2.45) is 5.41 Å². The highest BCUT2D eigenvalue weighted by atomic mass is 19.1. The zero-order chi connectivity index (χ0) is 11.5. The maximum Gasteiger partial charge on any atom is 0.313 e. The molecule has 0 bridgehead atoms. The van der Waals surface area contributed by atoms with E-state index in [1.54, 1.807) is 19.1 Å². The fraction of sp³-hybridized carbons (Fsp3) is 0.250. The molecule has 0 aromatic heterocycles. The van der Waals surface area contributed by atoms with Crippen LogP contribution in [0.25, 0.3) is 0 Å². The number of aliphatic carboxylic acids is 1. The van der Waals surface area contributed by atoms with Crippen LogP contribution in [0.15, 0.2) is 36.9 Å². The van der Waals surface area contributed by atoms with Crippen LogP contribution in [0.5, 0.6) is 0 Å². The van der Waals surface area contributed by atoms with Crippen LogP contribution in [0, 0.1) is 11.2 Å². The molecular formula is C12H13FO2. The maximum absolute atomic E-state index is 12.6. The second-order valence-electron chi connectivity index (χ2n) is 3.73. The summed E-state index contributed by atoms with van der Waals surface area (Å²) in [7, 11) is 0. The van der Waals surface area contributed by atoms with Gasteiger partial charge in [-0.25, -0.2) is 4.39 Å². The van der Waals surface area contributed by atoms with Crippen molar-refractivity contribution < 1.29 is 14.3 Å². The van der Waals surface area contributed by atoms with E-state index in [0.717, 1.165) is 5.56 Å². The van der Waals surface area contributed by atoms with Gasteiger partial charge in [-0.2, -0.15) is 0 Å². The molecule has 80 valence electrons. The topological polar surface area (TPSA) is 37.3 Å². The first-order valence-corrected chi connectivity index (χ1v) is 4.59. The van der Waals surface area contributed by atoms with E-state index in [4.69, 9.17) is 5.11 Å². The van der Waals surface area contributed by atoms with E-state index >= 15 is 0 Å². The highest BCUT2D eigenvalue weighted by molar-refractivity contribution is 5.76. The second kappa shape index (κ2) is 4.26. The molecule has 0 heterocycles. The number of carboxylic acid groups (broad SMARTS) is 1. The third-order valence-electron chi connectivity index (χ3n) is 2.42. The molecule has 1 unspecified atom stereocenters. The molecule has 0 radical (unpaired) electrons. The second-order valence-corrected chi connectivity index (χ2v) is 3.73. The number of rotatable bonds is 4. The molecule has 0 spiro atoms. The monoisotopic (exact) mass is 208 g/mol. The van der Waals surface area contributed by atoms with E-state index in [-0.39, 0.29) is 5.82 Å². The van der Waals surface area contributed by atoms with E-state index in [9.17, 15) is 9.18 Å². The molecule has 0 amide bonds. The Balaban J connectivity index is 2.89. The number of benzene rings is 1. The minimum atomic E-state index is -1.00. The summed E-state index contributed by atoms with van der Waals surface area (Å²) in [5.41, 5.74) is -0.223. The summed E-state index contributed by atoms with van der Waals surface area (Å²) in [6.45, 7) is 5.10. The number of hydrogen-bond acceptors (Lipinski definition) is 1. The standard InChI is InChI=1S/C12H13FO2/c1-3-12(2,11(14)15)8-9-4-6-10(13)7-5-9/h3-7H,1,8H2,2H3,(H,14,15). The van der Waals surface area contributed by atoms with Crippen molar-refractivity contribution in [1.82, 2.24) is 0 Å². The Morgan fingerprint density at radius 2 is 2.07 bits per heavy atom. The molecule has 1 aromatic carbocycles. The third-order valence-corrected chi connectivity index (χ3v) is 2.42. The highest BCUT2D eigenvalue weighted by Gasteiger charge is 2.29. The van der Waals surface area contributed by atoms with Crippen LogP contribution in [0.1, 0.15) is 12.5 Å². The van der Waals surface area contributed by atoms with Crippen LogP contribution in [0.3, 0.4) is 0 Å². The summed E-state index contributed by atoms with van der Waals surface area (Å²) in [6, 6.07) is 5.81. The molecular weight excluding hydrogens is 195 g/mol. The Hall–Kier alpha value is -1.64. The van der Waals surface area contributed by atoms with Gasteiger partial charge in [-0.05, 0) is 31.0 Å². The smallest absolute Gasteiger partial charge is 0.313 e. The summed E-state index contributed by atoms with van der Waals surface area (Å²) in [5, 5.41) is 9.00. The van der Waals surface area contributed by atoms with Crippen LogP contribution in [0.4, 0.5) is 4.39 Å². The molecule has 0 saturated heterocycles. The molecule has 0 fully saturated rings. The van der Waals surface area contributed by atoms with E-state index in [1.807, 2.05) is 0 Å². The van der Waals surface area contributed by atoms with Crippen molar-refractivity contribution in [2.75, 3.05) is 0 Å². The zero-order valence-corrected chi connectivity index (χ0v) is 8.53. The fourth-order valence-corrected chi connectivity index (χ4v) is 1.26. The fourth-order valence-electron chi connectivity index (χ4n) is 1.26. The van der Waals surface area contributed by atoms with Crippen LogP contribution in [0.2, 0.25) is 0 Å². The van der Waals surface area contributed by atoms with Crippen LogP contribution in [-0.2, 0) is 11.2 Å². The maximum atomic E-state index is 12.6. The van der Waals surface area contributed by atoms with E-state index in [1.165, 1.54) is 18.2 Å². The largest absolute Gasteiger partial charge is 0.481 e. The van der Waals surface area contributed by atoms with Crippen molar-refractivity contribution >= 4 is 5.97 Å². The van der Waals surface area contributed by atoms with Gasteiger partial charge in [0.05, 0.1) is 5.41 Å². The third kappa shape index (κ3) is 2.65. The van der Waals surface area contributed by atoms with Crippen LogP contribution >= 0.6 is 0 Å². The first kappa shape index (κ1) is 11.4. The quantitative estimate of drug-likeness (QED) is 0.772. The Bertz CT molecular complexity index is 370. The van der Waals surface area contributed by atoms with Gasteiger partial charge in [-0.1, -0.05) is 18.2 Å². The number of halogens is 1. The lowest BCUT2D eigenvalue weighted by Crippen LogP contribution is -2.27. The van der Waals surface area contributed by atoms with Crippen molar-refractivity contribution in [2.45, 2.75) is 13.3 Å². The highest BCUT2D eigenvalue weighted by Crippen LogP contribution is 2.24. The summed E-state index contributed by atoms with van der Waals surface area (Å²) in [6.07, 6.45) is 1.71. The summed E-state index contributed by atoms with van der Waals surface area (Å²) >= 11 is 0. The van der Waals surface area contributed by atoms with Gasteiger partial charge < -0.3 is 5.11 Å². The predicted octanol–water partition coefficient (Wildman–Crippen LogP) is 2.65. The van der Waals surface area contributed by atoms with Crippen LogP contribution < -0.4 is 0 Å². The molecule has 2 nitrogen and oxygen atoms in total. The van der Waals surface area contributed by atoms with Gasteiger partial charge in [-0.15, -0.1) is 6.58 Å². The minimum Gasteiger partial charge on any atom is -0.481 e. The molecule has 1 rings (SSSR count). The summed E-state index contributed by atoms with van der Waals surface area (Å²) in [5.74, 6) is -1.25. The zero-order valence-electron chi connectivity index (χ0n) is 8.53. The normalized spacial score (nSPS) is 14.3. The van der Waals surface area contributed by atoms with Gasteiger partial charge in [-0.3, -0.25) is 4.79 Å². The van der Waals surface area contributed by atoms with Gasteiger partial charge in [0.1, 0.15) is 5.82 Å². The van der Waals surface area contributed by atoms with Crippen molar-refractivity contribution in [3.05, 3.63) is 48.3 Å². The predicted molar refractivity (Wildman–Crippen MR) is 56.0 cm³/mol. The van der Waals surface area contributed by atoms with Crippen LogP contribution in [-0.4, -0.2) is 11.1 Å². The van der Waals surface area contributed by atoms with Crippen molar-refractivity contribution in [1.29, 1.82) is 0 Å². The SMILES string of the molecule is C=CC(C)(Cc1ccc(F)cc1)C(=O)O. The first-order valence-electron chi connectivity index (χ1n) is 4.59. The minimum absolute atomic E-state index is 0.312. The van der Waals surface area contributed by atoms with E-state index in [0.29, 0.717) is 6.42 Å².